The van der Waals surface area contributed by atoms with Crippen molar-refractivity contribution in [3.05, 3.63) is 95.3 Å². The summed E-state index contributed by atoms with van der Waals surface area (Å²) in [4.78, 5) is 35.0. The lowest BCUT2D eigenvalue weighted by molar-refractivity contribution is -0.152. The van der Waals surface area contributed by atoms with E-state index in [1.165, 1.54) is 0 Å². The molecule has 8 heteroatoms. The molecule has 0 spiro atoms. The number of fused-ring (bicyclic) bond motifs is 2. The number of benzene rings is 2. The molecule has 3 aromatic rings. The van der Waals surface area contributed by atoms with Gasteiger partial charge in [0.25, 0.3) is 0 Å². The topological polar surface area (TPSA) is 101 Å². The first-order valence-corrected chi connectivity index (χ1v) is 14.9. The molecular weight excluding hydrogens is 530 g/mol. The van der Waals surface area contributed by atoms with Gasteiger partial charge in [0.2, 0.25) is 11.8 Å². The van der Waals surface area contributed by atoms with E-state index in [-0.39, 0.29) is 29.8 Å². The Morgan fingerprint density at radius 3 is 2.57 bits per heavy atom. The van der Waals surface area contributed by atoms with Crippen molar-refractivity contribution in [2.24, 2.45) is 11.8 Å². The smallest absolute Gasteiger partial charge is 0.248 e. The summed E-state index contributed by atoms with van der Waals surface area (Å²) in [6.45, 7) is 7.27. The van der Waals surface area contributed by atoms with E-state index in [0.29, 0.717) is 24.3 Å². The van der Waals surface area contributed by atoms with Gasteiger partial charge in [0.05, 0.1) is 24.7 Å². The first-order chi connectivity index (χ1) is 20.2. The molecule has 42 heavy (non-hydrogen) atoms. The summed E-state index contributed by atoms with van der Waals surface area (Å²) in [7, 11) is 0. The van der Waals surface area contributed by atoms with E-state index in [0.717, 1.165) is 29.5 Å². The van der Waals surface area contributed by atoms with Gasteiger partial charge in [0, 0.05) is 42.6 Å². The maximum atomic E-state index is 14.6. The summed E-state index contributed by atoms with van der Waals surface area (Å²) in [6, 6.07) is 17.6. The highest BCUT2D eigenvalue weighted by Crippen LogP contribution is 2.40. The number of aromatic nitrogens is 1. The van der Waals surface area contributed by atoms with Crippen LogP contribution in [0.2, 0.25) is 0 Å². The quantitative estimate of drug-likeness (QED) is 0.449. The SMILES string of the molecule is CC(C)(C)c1ccc(N(C(=O)C2COC3OCCCC32)C(C(=O)N[C@@H]2c3ccccc3C[C@@H]2O)c2cccnc2)cc1. The molecule has 2 aromatic carbocycles. The zero-order chi connectivity index (χ0) is 29.4. The molecule has 1 aliphatic carbocycles. The van der Waals surface area contributed by atoms with Crippen LogP contribution in [0.5, 0.6) is 0 Å². The van der Waals surface area contributed by atoms with Crippen molar-refractivity contribution in [2.75, 3.05) is 18.1 Å². The van der Waals surface area contributed by atoms with Crippen LogP contribution in [-0.4, -0.2) is 47.5 Å². The number of ether oxygens (including phenoxy) is 2. The minimum Gasteiger partial charge on any atom is -0.390 e. The molecule has 3 heterocycles. The third-order valence-corrected chi connectivity index (χ3v) is 8.84. The van der Waals surface area contributed by atoms with Crippen LogP contribution in [0.3, 0.4) is 0 Å². The van der Waals surface area contributed by atoms with Crippen molar-refractivity contribution in [3.63, 3.8) is 0 Å². The van der Waals surface area contributed by atoms with Crippen LogP contribution < -0.4 is 10.2 Å². The summed E-state index contributed by atoms with van der Waals surface area (Å²) in [6.07, 6.45) is 4.25. The molecule has 0 bridgehead atoms. The second-order valence-electron chi connectivity index (χ2n) is 12.6. The Hall–Kier alpha value is -3.59. The number of pyridine rings is 1. The predicted octanol–water partition coefficient (Wildman–Crippen LogP) is 4.63. The van der Waals surface area contributed by atoms with E-state index >= 15 is 0 Å². The fourth-order valence-corrected chi connectivity index (χ4v) is 6.56. The Labute approximate surface area is 247 Å². The highest BCUT2D eigenvalue weighted by molar-refractivity contribution is 6.02. The third-order valence-electron chi connectivity index (χ3n) is 8.84. The lowest BCUT2D eigenvalue weighted by Gasteiger charge is -2.36. The minimum atomic E-state index is -1.02. The van der Waals surface area contributed by atoms with Crippen LogP contribution in [0.4, 0.5) is 5.69 Å². The molecule has 2 fully saturated rings. The van der Waals surface area contributed by atoms with Gasteiger partial charge >= 0.3 is 0 Å². The van der Waals surface area contributed by atoms with Gasteiger partial charge < -0.3 is 19.9 Å². The molecule has 2 aliphatic heterocycles. The molecule has 2 saturated heterocycles. The van der Waals surface area contributed by atoms with E-state index in [2.05, 4.69) is 31.1 Å². The summed E-state index contributed by atoms with van der Waals surface area (Å²) >= 11 is 0. The monoisotopic (exact) mass is 569 g/mol. The Morgan fingerprint density at radius 1 is 1.05 bits per heavy atom. The Bertz CT molecular complexity index is 1420. The van der Waals surface area contributed by atoms with Gasteiger partial charge in [-0.2, -0.15) is 0 Å². The second-order valence-corrected chi connectivity index (χ2v) is 12.6. The lowest BCUT2D eigenvalue weighted by Crippen LogP contribution is -2.49. The number of carbonyl (C=O) groups excluding carboxylic acids is 2. The minimum absolute atomic E-state index is 0.0779. The molecule has 220 valence electrons. The number of hydrogen-bond donors (Lipinski definition) is 2. The molecule has 3 aliphatic rings. The molecule has 0 saturated carbocycles. The standard InChI is InChI=1S/C34H39N3O5/c1-34(2,3)23-12-14-24(15-13-23)37(32(40)27-20-42-33-26(27)11-7-17-41-33)30(22-9-6-16-35-19-22)31(39)36-29-25-10-5-4-8-21(25)18-28(29)38/h4-6,8-10,12-16,19,26-30,33,38H,7,11,17-18,20H2,1-3H3,(H,36,39)/t26?,27?,28-,29+,30?,33?/m0/s1. The van der Waals surface area contributed by atoms with Crippen molar-refractivity contribution in [1.29, 1.82) is 0 Å². The van der Waals surface area contributed by atoms with Crippen LogP contribution in [-0.2, 0) is 30.9 Å². The highest BCUT2D eigenvalue weighted by Gasteiger charge is 2.47. The number of rotatable bonds is 6. The number of nitrogens with zero attached hydrogens (tertiary/aromatic N) is 2. The van der Waals surface area contributed by atoms with Crippen molar-refractivity contribution in [3.8, 4) is 0 Å². The first-order valence-electron chi connectivity index (χ1n) is 14.9. The van der Waals surface area contributed by atoms with Crippen molar-refractivity contribution in [2.45, 2.75) is 69.9 Å². The number of nitrogens with one attached hydrogen (secondary N) is 1. The van der Waals surface area contributed by atoms with E-state index in [4.69, 9.17) is 9.47 Å². The normalized spacial score (nSPS) is 25.8. The Balaban J connectivity index is 1.41. The number of aliphatic hydroxyl groups is 1. The fraction of sp³-hybridized carbons (Fsp3) is 0.441. The van der Waals surface area contributed by atoms with Gasteiger partial charge in [0.15, 0.2) is 6.29 Å². The van der Waals surface area contributed by atoms with Gasteiger partial charge in [-0.25, -0.2) is 0 Å². The lowest BCUT2D eigenvalue weighted by atomic mass is 9.86. The molecule has 2 amide bonds. The molecule has 8 nitrogen and oxygen atoms in total. The number of amides is 2. The molecule has 1 aromatic heterocycles. The average Bonchev–Trinajstić information content (AvgIpc) is 3.56. The summed E-state index contributed by atoms with van der Waals surface area (Å²) in [5, 5.41) is 14.1. The maximum absolute atomic E-state index is 14.6. The summed E-state index contributed by atoms with van der Waals surface area (Å²) in [5.74, 6) is -1.11. The molecule has 2 N–H and O–H groups in total. The summed E-state index contributed by atoms with van der Waals surface area (Å²) in [5.41, 5.74) is 4.14. The van der Waals surface area contributed by atoms with Crippen molar-refractivity contribution < 1.29 is 24.2 Å². The Morgan fingerprint density at radius 2 is 1.83 bits per heavy atom. The van der Waals surface area contributed by atoms with Crippen molar-refractivity contribution >= 4 is 17.5 Å². The van der Waals surface area contributed by atoms with Crippen LogP contribution in [0.1, 0.15) is 68.0 Å². The van der Waals surface area contributed by atoms with Gasteiger partial charge in [-0.15, -0.1) is 0 Å². The molecule has 4 unspecified atom stereocenters. The molecule has 6 atom stereocenters. The number of aliphatic hydroxyl groups excluding tert-OH is 1. The third kappa shape index (κ3) is 5.46. The van der Waals surface area contributed by atoms with E-state index in [1.807, 2.05) is 54.6 Å². The predicted molar refractivity (Wildman–Crippen MR) is 159 cm³/mol. The molecule has 0 radical (unpaired) electrons. The average molecular weight is 570 g/mol. The van der Waals surface area contributed by atoms with Crippen LogP contribution in [0.15, 0.2) is 73.1 Å². The van der Waals surface area contributed by atoms with E-state index in [1.54, 1.807) is 23.4 Å². The van der Waals surface area contributed by atoms with Crippen molar-refractivity contribution in [1.82, 2.24) is 10.3 Å². The van der Waals surface area contributed by atoms with Crippen LogP contribution in [0, 0.1) is 11.8 Å². The molecule has 6 rings (SSSR count). The second kappa shape index (κ2) is 11.6. The van der Waals surface area contributed by atoms with Crippen LogP contribution >= 0.6 is 0 Å². The molecular formula is C34H39N3O5. The number of hydrogen-bond acceptors (Lipinski definition) is 6. The Kier molecular flexibility index (Phi) is 7.87. The number of anilines is 1. The highest BCUT2D eigenvalue weighted by atomic mass is 16.7. The zero-order valence-corrected chi connectivity index (χ0v) is 24.4. The van der Waals surface area contributed by atoms with Gasteiger partial charge in [-0.05, 0) is 53.1 Å². The van der Waals surface area contributed by atoms with E-state index in [9.17, 15) is 14.7 Å². The van der Waals surface area contributed by atoms with Gasteiger partial charge in [0.1, 0.15) is 6.04 Å². The fourth-order valence-electron chi connectivity index (χ4n) is 6.56. The first kappa shape index (κ1) is 28.5. The largest absolute Gasteiger partial charge is 0.390 e. The van der Waals surface area contributed by atoms with E-state index < -0.39 is 30.4 Å². The van der Waals surface area contributed by atoms with Crippen LogP contribution in [0.25, 0.3) is 0 Å². The summed E-state index contributed by atoms with van der Waals surface area (Å²) < 4.78 is 11.8. The van der Waals surface area contributed by atoms with Gasteiger partial charge in [-0.3, -0.25) is 19.5 Å². The maximum Gasteiger partial charge on any atom is 0.248 e. The number of carbonyl (C=O) groups is 2. The zero-order valence-electron chi connectivity index (χ0n) is 24.4. The van der Waals surface area contributed by atoms with Gasteiger partial charge in [-0.1, -0.05) is 63.2 Å².